The van der Waals surface area contributed by atoms with Crippen molar-refractivity contribution >= 4 is 47.6 Å². The average Bonchev–Trinajstić information content (AvgIpc) is 2.69. The SMILES string of the molecule is COC(=O)C1=C(C(=O)OC)[Se]C(=CC(C)=O)[Se]1. The van der Waals surface area contributed by atoms with Gasteiger partial charge in [-0.15, -0.1) is 0 Å². The summed E-state index contributed by atoms with van der Waals surface area (Å²) in [7, 11) is 2.53. The van der Waals surface area contributed by atoms with E-state index in [9.17, 15) is 14.4 Å². The van der Waals surface area contributed by atoms with E-state index in [0.717, 1.165) is 3.37 Å². The molecule has 0 spiro atoms. The van der Waals surface area contributed by atoms with Crippen LogP contribution in [0, 0.1) is 0 Å². The Balaban J connectivity index is 3.04. The van der Waals surface area contributed by atoms with Gasteiger partial charge in [-0.1, -0.05) is 0 Å². The first-order valence-electron chi connectivity index (χ1n) is 4.48. The topological polar surface area (TPSA) is 69.7 Å². The standard InChI is InChI=1S/C10H10O5Se2/c1-5(11)4-6-16-7(9(12)14-2)8(17-6)10(13)15-3/h4H,1-3H3. The van der Waals surface area contributed by atoms with Gasteiger partial charge < -0.3 is 0 Å². The summed E-state index contributed by atoms with van der Waals surface area (Å²) in [5.74, 6) is -1.11. The van der Waals surface area contributed by atoms with Gasteiger partial charge in [-0.25, -0.2) is 0 Å². The van der Waals surface area contributed by atoms with Crippen LogP contribution in [0.1, 0.15) is 6.92 Å². The molecule has 0 atom stereocenters. The molecule has 92 valence electrons. The molecule has 17 heavy (non-hydrogen) atoms. The van der Waals surface area contributed by atoms with Crippen molar-refractivity contribution < 1.29 is 23.9 Å². The van der Waals surface area contributed by atoms with Gasteiger partial charge in [0.15, 0.2) is 0 Å². The molecule has 1 rings (SSSR count). The monoisotopic (exact) mass is 370 g/mol. The number of hydrogen-bond acceptors (Lipinski definition) is 5. The van der Waals surface area contributed by atoms with Crippen LogP contribution in [0.5, 0.6) is 0 Å². The van der Waals surface area contributed by atoms with Crippen molar-refractivity contribution in [3.8, 4) is 0 Å². The molecular formula is C10H10O5Se2. The molecule has 0 aromatic rings. The molecule has 0 bridgehead atoms. The van der Waals surface area contributed by atoms with E-state index in [2.05, 4.69) is 9.47 Å². The van der Waals surface area contributed by atoms with Gasteiger partial charge in [0.25, 0.3) is 0 Å². The molecule has 0 saturated heterocycles. The Bertz CT molecular complexity index is 406. The van der Waals surface area contributed by atoms with Crippen molar-refractivity contribution in [1.82, 2.24) is 0 Å². The average molecular weight is 368 g/mol. The van der Waals surface area contributed by atoms with Crippen molar-refractivity contribution in [3.05, 3.63) is 18.4 Å². The quantitative estimate of drug-likeness (QED) is 0.378. The van der Waals surface area contributed by atoms with Crippen LogP contribution in [0.4, 0.5) is 0 Å². The molecule has 0 aromatic heterocycles. The predicted molar refractivity (Wildman–Crippen MR) is 61.3 cm³/mol. The summed E-state index contributed by atoms with van der Waals surface area (Å²) >= 11 is -0.634. The van der Waals surface area contributed by atoms with Gasteiger partial charge in [-0.3, -0.25) is 0 Å². The van der Waals surface area contributed by atoms with Crippen LogP contribution in [0.2, 0.25) is 0 Å². The van der Waals surface area contributed by atoms with E-state index in [-0.39, 0.29) is 35.7 Å². The zero-order chi connectivity index (χ0) is 13.0. The van der Waals surface area contributed by atoms with Crippen molar-refractivity contribution in [1.29, 1.82) is 0 Å². The summed E-state index contributed by atoms with van der Waals surface area (Å²) in [6, 6.07) is 0. The van der Waals surface area contributed by atoms with Crippen LogP contribution in [0.3, 0.4) is 0 Å². The van der Waals surface area contributed by atoms with Crippen LogP contribution < -0.4 is 0 Å². The van der Waals surface area contributed by atoms with Crippen LogP contribution >= 0.6 is 0 Å². The molecule has 1 heterocycles. The number of carbonyl (C=O) groups is 3. The van der Waals surface area contributed by atoms with Gasteiger partial charge in [-0.05, 0) is 0 Å². The Morgan fingerprint density at radius 2 is 1.41 bits per heavy atom. The van der Waals surface area contributed by atoms with Crippen molar-refractivity contribution in [2.24, 2.45) is 0 Å². The van der Waals surface area contributed by atoms with Crippen LogP contribution in [0.15, 0.2) is 18.4 Å². The summed E-state index contributed by atoms with van der Waals surface area (Å²) < 4.78 is 10.8. The normalized spacial score (nSPS) is 14.6. The molecule has 0 unspecified atom stereocenters. The van der Waals surface area contributed by atoms with Gasteiger partial charge in [0, 0.05) is 0 Å². The fourth-order valence-electron chi connectivity index (χ4n) is 0.994. The zero-order valence-electron chi connectivity index (χ0n) is 9.44. The maximum atomic E-state index is 11.5. The summed E-state index contributed by atoms with van der Waals surface area (Å²) in [5.41, 5.74) is 0. The summed E-state index contributed by atoms with van der Waals surface area (Å²) in [4.78, 5) is 34.0. The van der Waals surface area contributed by atoms with E-state index < -0.39 is 11.9 Å². The van der Waals surface area contributed by atoms with Crippen LogP contribution in [0.25, 0.3) is 0 Å². The van der Waals surface area contributed by atoms with E-state index in [4.69, 9.17) is 0 Å². The number of carbonyl (C=O) groups excluding carboxylic acids is 3. The third kappa shape index (κ3) is 3.54. The van der Waals surface area contributed by atoms with E-state index in [0.29, 0.717) is 8.94 Å². The molecule has 0 saturated carbocycles. The first-order chi connectivity index (χ1) is 7.99. The fourth-order valence-corrected chi connectivity index (χ4v) is 7.49. The summed E-state index contributed by atoms with van der Waals surface area (Å²) in [6.07, 6.45) is 1.48. The number of methoxy groups -OCH3 is 2. The van der Waals surface area contributed by atoms with Crippen molar-refractivity contribution in [3.63, 3.8) is 0 Å². The molecule has 1 aliphatic heterocycles. The molecule has 0 amide bonds. The first-order valence-corrected chi connectivity index (χ1v) is 7.91. The van der Waals surface area contributed by atoms with Crippen molar-refractivity contribution in [2.75, 3.05) is 14.2 Å². The molecule has 5 nitrogen and oxygen atoms in total. The second-order valence-electron chi connectivity index (χ2n) is 2.92. The number of ether oxygens (including phenoxy) is 2. The third-order valence-electron chi connectivity index (χ3n) is 1.67. The molecular weight excluding hydrogens is 358 g/mol. The predicted octanol–water partition coefficient (Wildman–Crippen LogP) is -0.604. The Hall–Kier alpha value is -0.871. The first kappa shape index (κ1) is 14.2. The third-order valence-corrected chi connectivity index (χ3v) is 7.90. The molecule has 0 radical (unpaired) electrons. The van der Waals surface area contributed by atoms with E-state index in [1.165, 1.54) is 27.2 Å². The Kier molecular flexibility index (Phi) is 5.15. The number of hydrogen-bond donors (Lipinski definition) is 0. The molecule has 7 heteroatoms. The van der Waals surface area contributed by atoms with Gasteiger partial charge in [0.1, 0.15) is 0 Å². The molecule has 0 fully saturated rings. The minimum absolute atomic E-state index is 0.0842. The zero-order valence-corrected chi connectivity index (χ0v) is 12.9. The molecule has 1 aliphatic rings. The van der Waals surface area contributed by atoms with Crippen LogP contribution in [-0.4, -0.2) is 61.9 Å². The second-order valence-corrected chi connectivity index (χ2v) is 8.64. The van der Waals surface area contributed by atoms with E-state index in [1.807, 2.05) is 0 Å². The van der Waals surface area contributed by atoms with Gasteiger partial charge in [-0.2, -0.15) is 0 Å². The Morgan fingerprint density at radius 1 is 1.00 bits per heavy atom. The Labute approximate surface area is 111 Å². The Morgan fingerprint density at radius 3 is 1.71 bits per heavy atom. The van der Waals surface area contributed by atoms with Crippen molar-refractivity contribution in [2.45, 2.75) is 6.92 Å². The van der Waals surface area contributed by atoms with E-state index >= 15 is 0 Å². The minimum atomic E-state index is -0.515. The van der Waals surface area contributed by atoms with Gasteiger partial charge >= 0.3 is 111 Å². The summed E-state index contributed by atoms with van der Waals surface area (Å²) in [5, 5.41) is 0. The van der Waals surface area contributed by atoms with Crippen LogP contribution in [-0.2, 0) is 23.9 Å². The second kappa shape index (κ2) is 6.17. The number of esters is 2. The number of ketones is 1. The molecule has 0 aromatic carbocycles. The number of allylic oxidation sites excluding steroid dienone is 1. The number of rotatable bonds is 3. The van der Waals surface area contributed by atoms with E-state index in [1.54, 1.807) is 0 Å². The molecule has 0 aliphatic carbocycles. The summed E-state index contributed by atoms with van der Waals surface area (Å²) in [6.45, 7) is 1.44. The molecule has 0 N–H and O–H groups in total. The maximum absolute atomic E-state index is 11.5. The fraction of sp³-hybridized carbons (Fsp3) is 0.300. The van der Waals surface area contributed by atoms with Gasteiger partial charge in [0.05, 0.1) is 0 Å². The van der Waals surface area contributed by atoms with Gasteiger partial charge in [0.2, 0.25) is 0 Å².